The molecule has 0 spiro atoms. The first-order valence-corrected chi connectivity index (χ1v) is 9.45. The van der Waals surface area contributed by atoms with Crippen molar-refractivity contribution in [3.63, 3.8) is 0 Å². The van der Waals surface area contributed by atoms with Crippen LogP contribution in [0.2, 0.25) is 0 Å². The number of rotatable bonds is 8. The zero-order chi connectivity index (χ0) is 17.5. The Balaban J connectivity index is 2.17. The largest absolute Gasteiger partial charge is 0.311 e. The maximum Gasteiger partial charge on any atom is 0.228 e. The monoisotopic (exact) mass is 371 g/mol. The summed E-state index contributed by atoms with van der Waals surface area (Å²) in [5, 5.41) is 3.67. The highest BCUT2D eigenvalue weighted by Crippen LogP contribution is 2.32. The lowest BCUT2D eigenvalue weighted by Crippen LogP contribution is -2.50. The van der Waals surface area contributed by atoms with E-state index in [4.69, 9.17) is 23.2 Å². The number of para-hydroxylation sites is 1. The van der Waals surface area contributed by atoms with E-state index >= 15 is 0 Å². The smallest absolute Gasteiger partial charge is 0.228 e. The van der Waals surface area contributed by atoms with Gasteiger partial charge in [-0.15, -0.1) is 23.2 Å². The van der Waals surface area contributed by atoms with Crippen LogP contribution in [0.1, 0.15) is 19.3 Å². The Labute approximate surface area is 155 Å². The van der Waals surface area contributed by atoms with E-state index in [9.17, 15) is 4.79 Å². The van der Waals surface area contributed by atoms with Gasteiger partial charge < -0.3 is 15.1 Å². The summed E-state index contributed by atoms with van der Waals surface area (Å²) in [6.45, 7) is 1.83. The fourth-order valence-electron chi connectivity index (χ4n) is 3.24. The Morgan fingerprint density at radius 3 is 2.58 bits per heavy atom. The van der Waals surface area contributed by atoms with Crippen LogP contribution in [-0.4, -0.2) is 61.3 Å². The molecule has 1 aromatic carbocycles. The number of likely N-dealkylation sites (N-methyl/N-ethyl adjacent to an activating group) is 1. The molecule has 1 amide bonds. The molecule has 24 heavy (non-hydrogen) atoms. The number of amides is 1. The van der Waals surface area contributed by atoms with E-state index in [2.05, 4.69) is 24.3 Å². The predicted octanol–water partition coefficient (Wildman–Crippen LogP) is 2.94. The summed E-state index contributed by atoms with van der Waals surface area (Å²) in [7, 11) is 4.11. The second kappa shape index (κ2) is 9.62. The molecule has 1 aromatic rings. The number of nitrogens with one attached hydrogen (secondary N) is 1. The molecule has 1 aliphatic rings. The van der Waals surface area contributed by atoms with E-state index in [1.54, 1.807) is 0 Å². The van der Waals surface area contributed by atoms with Crippen molar-refractivity contribution in [2.45, 2.75) is 36.7 Å². The standard InChI is InChI=1S/C18H27Cl2N3O/c1-22(2)11-10-21-16-12-14(20)13-17(16)23(18(24)8-9-19)15-6-4-3-5-7-15/h3-7,14,16-17,21H,8-13H2,1-2H3. The van der Waals surface area contributed by atoms with Gasteiger partial charge in [0.25, 0.3) is 0 Å². The van der Waals surface area contributed by atoms with E-state index in [1.807, 2.05) is 35.2 Å². The zero-order valence-corrected chi connectivity index (χ0v) is 15.9. The van der Waals surface area contributed by atoms with Crippen LogP contribution in [-0.2, 0) is 4.79 Å². The number of hydrogen-bond acceptors (Lipinski definition) is 3. The number of nitrogens with zero attached hydrogens (tertiary/aromatic N) is 2. The van der Waals surface area contributed by atoms with Crippen molar-refractivity contribution < 1.29 is 4.79 Å². The molecule has 0 aliphatic heterocycles. The average Bonchev–Trinajstić information content (AvgIpc) is 2.89. The second-order valence-electron chi connectivity index (χ2n) is 6.54. The molecule has 1 N–H and O–H groups in total. The van der Waals surface area contributed by atoms with Gasteiger partial charge in [0.15, 0.2) is 0 Å². The van der Waals surface area contributed by atoms with Crippen LogP contribution in [0.5, 0.6) is 0 Å². The zero-order valence-electron chi connectivity index (χ0n) is 14.4. The molecule has 1 aliphatic carbocycles. The van der Waals surface area contributed by atoms with E-state index in [0.29, 0.717) is 12.3 Å². The van der Waals surface area contributed by atoms with Gasteiger partial charge in [0, 0.05) is 42.5 Å². The molecule has 0 bridgehead atoms. The molecule has 134 valence electrons. The molecular formula is C18H27Cl2N3O. The lowest BCUT2D eigenvalue weighted by atomic mass is 10.1. The van der Waals surface area contributed by atoms with Crippen LogP contribution < -0.4 is 10.2 Å². The van der Waals surface area contributed by atoms with Gasteiger partial charge in [0.2, 0.25) is 5.91 Å². The number of carbonyl (C=O) groups excluding carboxylic acids is 1. The third kappa shape index (κ3) is 5.35. The van der Waals surface area contributed by atoms with Gasteiger partial charge >= 0.3 is 0 Å². The fraction of sp³-hybridized carbons (Fsp3) is 0.611. The minimum Gasteiger partial charge on any atom is -0.311 e. The minimum absolute atomic E-state index is 0.0615. The van der Waals surface area contributed by atoms with Gasteiger partial charge in [-0.05, 0) is 39.1 Å². The van der Waals surface area contributed by atoms with Crippen LogP contribution in [0.25, 0.3) is 0 Å². The van der Waals surface area contributed by atoms with Crippen LogP contribution in [0.3, 0.4) is 0 Å². The summed E-state index contributed by atoms with van der Waals surface area (Å²) in [4.78, 5) is 16.8. The van der Waals surface area contributed by atoms with Crippen molar-refractivity contribution in [2.24, 2.45) is 0 Å². The van der Waals surface area contributed by atoms with Crippen molar-refractivity contribution in [1.29, 1.82) is 0 Å². The molecule has 0 radical (unpaired) electrons. The molecule has 0 heterocycles. The molecule has 0 aromatic heterocycles. The Bertz CT molecular complexity index is 512. The summed E-state index contributed by atoms with van der Waals surface area (Å²) in [6, 6.07) is 10.1. The van der Waals surface area contributed by atoms with Crippen molar-refractivity contribution in [2.75, 3.05) is 38.0 Å². The molecule has 1 fully saturated rings. The van der Waals surface area contributed by atoms with Crippen LogP contribution in [0.15, 0.2) is 30.3 Å². The van der Waals surface area contributed by atoms with E-state index < -0.39 is 0 Å². The van der Waals surface area contributed by atoms with Gasteiger partial charge in [0.1, 0.15) is 0 Å². The molecule has 3 unspecified atom stereocenters. The Hall–Kier alpha value is -0.810. The summed E-state index contributed by atoms with van der Waals surface area (Å²) < 4.78 is 0. The van der Waals surface area contributed by atoms with Crippen LogP contribution >= 0.6 is 23.2 Å². The van der Waals surface area contributed by atoms with E-state index in [0.717, 1.165) is 31.6 Å². The number of hydrogen-bond donors (Lipinski definition) is 1. The van der Waals surface area contributed by atoms with E-state index in [-0.39, 0.29) is 23.4 Å². The summed E-state index contributed by atoms with van der Waals surface area (Å²) in [5.74, 6) is 0.393. The number of halogens is 2. The predicted molar refractivity (Wildman–Crippen MR) is 102 cm³/mol. The third-order valence-electron chi connectivity index (χ3n) is 4.38. The lowest BCUT2D eigenvalue weighted by Gasteiger charge is -2.34. The number of alkyl halides is 2. The second-order valence-corrected chi connectivity index (χ2v) is 7.53. The summed E-state index contributed by atoms with van der Waals surface area (Å²) in [6.07, 6.45) is 2.01. The molecule has 3 atom stereocenters. The Kier molecular flexibility index (Phi) is 7.82. The maximum absolute atomic E-state index is 12.7. The van der Waals surface area contributed by atoms with Crippen molar-refractivity contribution >= 4 is 34.8 Å². The first-order valence-electron chi connectivity index (χ1n) is 8.48. The molecule has 6 heteroatoms. The fourth-order valence-corrected chi connectivity index (χ4v) is 3.78. The third-order valence-corrected chi connectivity index (χ3v) is 4.93. The minimum atomic E-state index is 0.0615. The molecule has 4 nitrogen and oxygen atoms in total. The summed E-state index contributed by atoms with van der Waals surface area (Å²) >= 11 is 12.3. The SMILES string of the molecule is CN(C)CCNC1CC(Cl)CC1N(C(=O)CCCl)c1ccccc1. The average molecular weight is 372 g/mol. The first-order chi connectivity index (χ1) is 11.5. The molecule has 1 saturated carbocycles. The van der Waals surface area contributed by atoms with Crippen molar-refractivity contribution in [1.82, 2.24) is 10.2 Å². The number of benzene rings is 1. The summed E-state index contributed by atoms with van der Waals surface area (Å²) in [5.41, 5.74) is 0.919. The highest BCUT2D eigenvalue weighted by Gasteiger charge is 2.39. The topological polar surface area (TPSA) is 35.6 Å². The maximum atomic E-state index is 12.7. The van der Waals surface area contributed by atoms with Gasteiger partial charge in [-0.25, -0.2) is 0 Å². The van der Waals surface area contributed by atoms with Crippen LogP contribution in [0, 0.1) is 0 Å². The molecular weight excluding hydrogens is 345 g/mol. The van der Waals surface area contributed by atoms with Gasteiger partial charge in [-0.2, -0.15) is 0 Å². The Morgan fingerprint density at radius 2 is 1.96 bits per heavy atom. The normalized spacial score (nSPS) is 23.6. The van der Waals surface area contributed by atoms with E-state index in [1.165, 1.54) is 0 Å². The number of anilines is 1. The van der Waals surface area contributed by atoms with Crippen molar-refractivity contribution in [3.05, 3.63) is 30.3 Å². The molecule has 0 saturated heterocycles. The molecule has 2 rings (SSSR count). The van der Waals surface area contributed by atoms with Gasteiger partial charge in [-0.1, -0.05) is 18.2 Å². The number of carbonyl (C=O) groups is 1. The Morgan fingerprint density at radius 1 is 1.25 bits per heavy atom. The highest BCUT2D eigenvalue weighted by atomic mass is 35.5. The van der Waals surface area contributed by atoms with Crippen molar-refractivity contribution in [3.8, 4) is 0 Å². The highest BCUT2D eigenvalue weighted by molar-refractivity contribution is 6.21. The van der Waals surface area contributed by atoms with Gasteiger partial charge in [-0.3, -0.25) is 4.79 Å². The lowest BCUT2D eigenvalue weighted by molar-refractivity contribution is -0.118. The quantitative estimate of drug-likeness (QED) is 0.713. The van der Waals surface area contributed by atoms with Crippen LogP contribution in [0.4, 0.5) is 5.69 Å². The van der Waals surface area contributed by atoms with Gasteiger partial charge in [0.05, 0.1) is 6.04 Å². The first kappa shape index (κ1) is 19.5.